The second kappa shape index (κ2) is 10.4. The molecule has 0 saturated carbocycles. The smallest absolute Gasteiger partial charge is 0.435 e. The Hall–Kier alpha value is -3.10. The number of aliphatic imine (C=N–C) groups is 1. The van der Waals surface area contributed by atoms with Crippen LogP contribution in [-0.2, 0) is 16.0 Å². The molecular formula is C25H38N4O5. The number of amidine groups is 1. The predicted molar refractivity (Wildman–Crippen MR) is 131 cm³/mol. The highest BCUT2D eigenvalue weighted by Gasteiger charge is 2.37. The Labute approximate surface area is 202 Å². The predicted octanol–water partition coefficient (Wildman–Crippen LogP) is 4.68. The molecule has 1 saturated heterocycles. The minimum absolute atomic E-state index is 0.143. The van der Waals surface area contributed by atoms with Crippen LogP contribution in [0, 0.1) is 12.8 Å². The van der Waals surface area contributed by atoms with Gasteiger partial charge in [0.05, 0.1) is 12.5 Å². The fourth-order valence-corrected chi connectivity index (χ4v) is 3.63. The highest BCUT2D eigenvalue weighted by atomic mass is 16.6. The summed E-state index contributed by atoms with van der Waals surface area (Å²) in [5.41, 5.74) is 0.385. The number of benzene rings is 1. The zero-order valence-electron chi connectivity index (χ0n) is 21.8. The van der Waals surface area contributed by atoms with Gasteiger partial charge >= 0.3 is 18.2 Å². The topological polar surface area (TPSA) is 91.7 Å². The Kier molecular flexibility index (Phi) is 8.34. The number of nitrogens with zero attached hydrogens (tertiary/aromatic N) is 4. The first-order chi connectivity index (χ1) is 15.6. The third-order valence-electron chi connectivity index (χ3n) is 4.92. The lowest BCUT2D eigenvalue weighted by Crippen LogP contribution is -2.56. The first kappa shape index (κ1) is 27.1. The number of aryl methyl sites for hydroxylation is 1. The molecule has 0 unspecified atom stereocenters. The summed E-state index contributed by atoms with van der Waals surface area (Å²) in [7, 11) is 3.35. The molecule has 1 aromatic rings. The zero-order chi connectivity index (χ0) is 25.8. The van der Waals surface area contributed by atoms with Crippen LogP contribution >= 0.6 is 0 Å². The molecule has 0 N–H and O–H groups in total. The van der Waals surface area contributed by atoms with Gasteiger partial charge in [0, 0.05) is 27.2 Å². The van der Waals surface area contributed by atoms with Crippen molar-refractivity contribution in [3.8, 4) is 0 Å². The van der Waals surface area contributed by atoms with Crippen LogP contribution in [-0.4, -0.2) is 77.1 Å². The molecule has 1 aromatic carbocycles. The number of carbonyl (C=O) groups excluding carboxylic acids is 3. The molecule has 1 fully saturated rings. The molecule has 0 spiro atoms. The SMILES string of the molecule is Cc1cccc(CN(C(=O)OC(C)(C)C)/C(=N/C(=O)OC(C)(C)C)C2CN(C)C(=O)N(C)C2)c1. The Bertz CT molecular complexity index is 931. The lowest BCUT2D eigenvalue weighted by atomic mass is 10.0. The van der Waals surface area contributed by atoms with E-state index in [0.29, 0.717) is 0 Å². The van der Waals surface area contributed by atoms with Crippen molar-refractivity contribution >= 4 is 24.1 Å². The van der Waals surface area contributed by atoms with Crippen LogP contribution in [0.25, 0.3) is 0 Å². The van der Waals surface area contributed by atoms with Gasteiger partial charge < -0.3 is 19.3 Å². The minimum atomic E-state index is -0.803. The van der Waals surface area contributed by atoms with Gasteiger partial charge in [0.2, 0.25) is 0 Å². The van der Waals surface area contributed by atoms with E-state index in [1.165, 1.54) is 4.90 Å². The van der Waals surface area contributed by atoms with Gasteiger partial charge in [-0.25, -0.2) is 14.4 Å². The maximum atomic E-state index is 13.4. The molecular weight excluding hydrogens is 436 g/mol. The summed E-state index contributed by atoms with van der Waals surface area (Å²) in [5, 5.41) is 0. The molecule has 1 aliphatic heterocycles. The Morgan fingerprint density at radius 3 is 2.09 bits per heavy atom. The molecule has 1 aliphatic rings. The van der Waals surface area contributed by atoms with Crippen molar-refractivity contribution in [3.63, 3.8) is 0 Å². The first-order valence-electron chi connectivity index (χ1n) is 11.4. The molecule has 34 heavy (non-hydrogen) atoms. The van der Waals surface area contributed by atoms with Crippen molar-refractivity contribution in [2.24, 2.45) is 10.9 Å². The van der Waals surface area contributed by atoms with E-state index in [1.807, 2.05) is 31.2 Å². The van der Waals surface area contributed by atoms with E-state index in [9.17, 15) is 14.4 Å². The van der Waals surface area contributed by atoms with Crippen molar-refractivity contribution in [2.75, 3.05) is 27.2 Å². The first-order valence-corrected chi connectivity index (χ1v) is 11.4. The van der Waals surface area contributed by atoms with Crippen molar-refractivity contribution in [1.82, 2.24) is 14.7 Å². The van der Waals surface area contributed by atoms with Crippen molar-refractivity contribution < 1.29 is 23.9 Å². The molecule has 2 rings (SSSR count). The maximum Gasteiger partial charge on any atom is 0.435 e. The van der Waals surface area contributed by atoms with E-state index in [1.54, 1.807) is 65.4 Å². The van der Waals surface area contributed by atoms with Crippen molar-refractivity contribution in [3.05, 3.63) is 35.4 Å². The van der Waals surface area contributed by atoms with Crippen LogP contribution in [0.3, 0.4) is 0 Å². The third-order valence-corrected chi connectivity index (χ3v) is 4.92. The second-order valence-corrected chi connectivity index (χ2v) is 10.7. The van der Waals surface area contributed by atoms with Crippen LogP contribution in [0.5, 0.6) is 0 Å². The fourth-order valence-electron chi connectivity index (χ4n) is 3.63. The van der Waals surface area contributed by atoms with Gasteiger partial charge in [0.25, 0.3) is 0 Å². The molecule has 0 bridgehead atoms. The van der Waals surface area contributed by atoms with Gasteiger partial charge in [-0.05, 0) is 54.0 Å². The Morgan fingerprint density at radius 1 is 1.03 bits per heavy atom. The zero-order valence-corrected chi connectivity index (χ0v) is 21.8. The van der Waals surface area contributed by atoms with Crippen LogP contribution < -0.4 is 0 Å². The van der Waals surface area contributed by atoms with E-state index >= 15 is 0 Å². The number of rotatable bonds is 3. The lowest BCUT2D eigenvalue weighted by molar-refractivity contribution is 0.0343. The maximum absolute atomic E-state index is 13.4. The van der Waals surface area contributed by atoms with Gasteiger partial charge in [-0.1, -0.05) is 29.8 Å². The van der Waals surface area contributed by atoms with Crippen LogP contribution in [0.2, 0.25) is 0 Å². The lowest BCUT2D eigenvalue weighted by Gasteiger charge is -2.39. The fraction of sp³-hybridized carbons (Fsp3) is 0.600. The summed E-state index contributed by atoms with van der Waals surface area (Å²) in [6.45, 7) is 13.3. The van der Waals surface area contributed by atoms with Gasteiger partial charge in [0.1, 0.15) is 17.0 Å². The number of amides is 4. The average molecular weight is 475 g/mol. The molecule has 0 atom stereocenters. The third kappa shape index (κ3) is 8.04. The molecule has 1 heterocycles. The highest BCUT2D eigenvalue weighted by molar-refractivity contribution is 6.02. The van der Waals surface area contributed by atoms with Crippen LogP contribution in [0.4, 0.5) is 14.4 Å². The summed E-state index contributed by atoms with van der Waals surface area (Å²) in [5.74, 6) is -0.214. The summed E-state index contributed by atoms with van der Waals surface area (Å²) in [6.07, 6.45) is -1.43. The second-order valence-electron chi connectivity index (χ2n) is 10.7. The Balaban J connectivity index is 2.56. The number of carbonyl (C=O) groups is 3. The van der Waals surface area contributed by atoms with E-state index in [0.717, 1.165) is 11.1 Å². The summed E-state index contributed by atoms with van der Waals surface area (Å²) < 4.78 is 11.1. The normalized spacial score (nSPS) is 15.9. The molecule has 0 aliphatic carbocycles. The number of hydrogen-bond acceptors (Lipinski definition) is 5. The number of ether oxygens (including phenoxy) is 2. The summed E-state index contributed by atoms with van der Waals surface area (Å²) >= 11 is 0. The monoisotopic (exact) mass is 474 g/mol. The van der Waals surface area contributed by atoms with E-state index in [-0.39, 0.29) is 31.5 Å². The van der Waals surface area contributed by atoms with E-state index < -0.39 is 29.3 Å². The van der Waals surface area contributed by atoms with Crippen LogP contribution in [0.1, 0.15) is 52.7 Å². The summed E-state index contributed by atoms with van der Waals surface area (Å²) in [6, 6.07) is 7.59. The number of hydrogen-bond donors (Lipinski definition) is 0. The molecule has 0 aromatic heterocycles. The molecule has 4 amide bonds. The van der Waals surface area contributed by atoms with Gasteiger partial charge in [-0.3, -0.25) is 4.90 Å². The van der Waals surface area contributed by atoms with E-state index in [2.05, 4.69) is 4.99 Å². The van der Waals surface area contributed by atoms with Crippen LogP contribution in [0.15, 0.2) is 29.3 Å². The van der Waals surface area contributed by atoms with Crippen molar-refractivity contribution in [2.45, 2.75) is 66.2 Å². The van der Waals surface area contributed by atoms with E-state index in [4.69, 9.17) is 9.47 Å². The quantitative estimate of drug-likeness (QED) is 0.469. The van der Waals surface area contributed by atoms with Gasteiger partial charge in [-0.2, -0.15) is 4.99 Å². The van der Waals surface area contributed by atoms with Gasteiger partial charge in [-0.15, -0.1) is 0 Å². The van der Waals surface area contributed by atoms with Gasteiger partial charge in [0.15, 0.2) is 0 Å². The highest BCUT2D eigenvalue weighted by Crippen LogP contribution is 2.22. The molecule has 0 radical (unpaired) electrons. The Morgan fingerprint density at radius 2 is 1.59 bits per heavy atom. The minimum Gasteiger partial charge on any atom is -0.443 e. The molecule has 188 valence electrons. The molecule has 9 nitrogen and oxygen atoms in total. The average Bonchev–Trinajstić information content (AvgIpc) is 2.65. The van der Waals surface area contributed by atoms with Crippen molar-refractivity contribution in [1.29, 1.82) is 0 Å². The molecule has 9 heteroatoms. The summed E-state index contributed by atoms with van der Waals surface area (Å²) in [4.78, 5) is 47.2. The largest absolute Gasteiger partial charge is 0.443 e. The standard InChI is InChI=1S/C25H38N4O5/c1-17-11-10-12-18(13-17)14-29(23(32)34-25(5,6)7)20(26-21(30)33-24(2,3)4)19-15-27(8)22(31)28(9)16-19/h10-13,19H,14-16H2,1-9H3/b26-20+. The number of urea groups is 1.